The minimum atomic E-state index is -0.916. The number of nitro benzene ring substituents is 1. The number of nitrogens with two attached hydrogens (primary N) is 1. The van der Waals surface area contributed by atoms with Crippen molar-refractivity contribution >= 4 is 45.6 Å². The van der Waals surface area contributed by atoms with Crippen molar-refractivity contribution < 1.29 is 14.1 Å². The number of nitro groups is 1. The summed E-state index contributed by atoms with van der Waals surface area (Å²) in [5.41, 5.74) is 4.41. The van der Waals surface area contributed by atoms with E-state index < -0.39 is 33.6 Å². The molecule has 2 aromatic carbocycles. The van der Waals surface area contributed by atoms with Crippen LogP contribution in [0.25, 0.3) is 0 Å². The van der Waals surface area contributed by atoms with E-state index in [-0.39, 0.29) is 0 Å². The minimum absolute atomic E-state index is 0.436. The highest BCUT2D eigenvalue weighted by Crippen LogP contribution is 2.28. The number of halogens is 2. The number of rotatable bonds is 3. The normalized spacial score (nSPS) is 10.2. The number of benzene rings is 2. The van der Waals surface area contributed by atoms with Crippen LogP contribution in [0, 0.1) is 19.5 Å². The topological polar surface area (TPSA) is 98.3 Å². The molecule has 0 unspecified atom stereocenters. The van der Waals surface area contributed by atoms with E-state index in [9.17, 15) is 19.3 Å². The molecule has 8 heteroatoms. The lowest BCUT2D eigenvalue weighted by molar-refractivity contribution is -0.384. The van der Waals surface area contributed by atoms with Crippen molar-refractivity contribution in [2.75, 3.05) is 11.1 Å². The zero-order valence-corrected chi connectivity index (χ0v) is 12.6. The highest BCUT2D eigenvalue weighted by atomic mass is 127. The van der Waals surface area contributed by atoms with Crippen molar-refractivity contribution in [2.45, 2.75) is 0 Å². The molecule has 0 saturated heterocycles. The first-order valence-electron chi connectivity index (χ1n) is 5.69. The number of carbonyl (C=O) groups is 1. The van der Waals surface area contributed by atoms with Crippen LogP contribution in [0.4, 0.5) is 21.5 Å². The summed E-state index contributed by atoms with van der Waals surface area (Å²) < 4.78 is 14.7. The first-order chi connectivity index (χ1) is 9.90. The summed E-state index contributed by atoms with van der Waals surface area (Å²) in [6.45, 7) is 0. The van der Waals surface area contributed by atoms with Crippen LogP contribution in [0.15, 0.2) is 36.4 Å². The van der Waals surface area contributed by atoms with Crippen LogP contribution >= 0.6 is 22.6 Å². The van der Waals surface area contributed by atoms with Gasteiger partial charge in [0.2, 0.25) is 0 Å². The molecule has 2 aromatic rings. The fourth-order valence-corrected chi connectivity index (χ4v) is 2.06. The second-order valence-electron chi connectivity index (χ2n) is 4.07. The zero-order valence-electron chi connectivity index (χ0n) is 10.5. The number of nitrogens with zero attached hydrogens (tertiary/aromatic N) is 1. The van der Waals surface area contributed by atoms with Crippen LogP contribution in [-0.4, -0.2) is 10.8 Å². The number of anilines is 2. The third-order valence-electron chi connectivity index (χ3n) is 2.70. The summed E-state index contributed by atoms with van der Waals surface area (Å²) >= 11 is 2.10. The average molecular weight is 401 g/mol. The van der Waals surface area contributed by atoms with Gasteiger partial charge in [0, 0.05) is 15.3 Å². The predicted molar refractivity (Wildman–Crippen MR) is 84.6 cm³/mol. The molecule has 0 radical (unpaired) electrons. The molecule has 3 N–H and O–H groups in total. The molecule has 0 saturated carbocycles. The van der Waals surface area contributed by atoms with Crippen LogP contribution in [0.3, 0.4) is 0 Å². The van der Waals surface area contributed by atoms with E-state index in [0.717, 1.165) is 15.7 Å². The van der Waals surface area contributed by atoms with Gasteiger partial charge in [0.05, 0.1) is 4.92 Å². The lowest BCUT2D eigenvalue weighted by atomic mass is 10.1. The van der Waals surface area contributed by atoms with Crippen molar-refractivity contribution in [1.82, 2.24) is 0 Å². The first kappa shape index (κ1) is 15.2. The molecule has 0 heterocycles. The zero-order chi connectivity index (χ0) is 15.6. The second kappa shape index (κ2) is 6.04. The van der Waals surface area contributed by atoms with Gasteiger partial charge in [-0.15, -0.1) is 0 Å². The number of hydrogen-bond acceptors (Lipinski definition) is 4. The Hall–Kier alpha value is -2.23. The molecule has 0 spiro atoms. The Morgan fingerprint density at radius 3 is 2.43 bits per heavy atom. The van der Waals surface area contributed by atoms with E-state index in [4.69, 9.17) is 5.73 Å². The molecule has 108 valence electrons. The minimum Gasteiger partial charge on any atom is -0.392 e. The monoisotopic (exact) mass is 401 g/mol. The third-order valence-corrected chi connectivity index (χ3v) is 3.42. The maximum atomic E-state index is 13.7. The SMILES string of the molecule is Nc1c([N+](=O)[O-])ccc(F)c1C(=O)Nc1ccc(I)cc1. The van der Waals surface area contributed by atoms with Crippen LogP contribution < -0.4 is 11.1 Å². The molecule has 0 bridgehead atoms. The predicted octanol–water partition coefficient (Wildman–Crippen LogP) is 3.17. The highest BCUT2D eigenvalue weighted by Gasteiger charge is 2.23. The van der Waals surface area contributed by atoms with Crippen LogP contribution in [-0.2, 0) is 0 Å². The van der Waals surface area contributed by atoms with E-state index >= 15 is 0 Å². The van der Waals surface area contributed by atoms with E-state index in [2.05, 4.69) is 27.9 Å². The summed E-state index contributed by atoms with van der Waals surface area (Å²) in [5, 5.41) is 13.2. The van der Waals surface area contributed by atoms with E-state index in [1.807, 2.05) is 0 Å². The van der Waals surface area contributed by atoms with Gasteiger partial charge in [-0.3, -0.25) is 14.9 Å². The lowest BCUT2D eigenvalue weighted by Gasteiger charge is -2.09. The van der Waals surface area contributed by atoms with Gasteiger partial charge in [0.25, 0.3) is 11.6 Å². The summed E-state index contributed by atoms with van der Waals surface area (Å²) in [5.74, 6) is -1.75. The van der Waals surface area contributed by atoms with Crippen molar-refractivity contribution in [3.8, 4) is 0 Å². The Labute approximate surface area is 132 Å². The second-order valence-corrected chi connectivity index (χ2v) is 5.32. The highest BCUT2D eigenvalue weighted by molar-refractivity contribution is 14.1. The van der Waals surface area contributed by atoms with E-state index in [1.54, 1.807) is 24.3 Å². The van der Waals surface area contributed by atoms with Crippen molar-refractivity contribution in [3.63, 3.8) is 0 Å². The van der Waals surface area contributed by atoms with Crippen LogP contribution in [0.5, 0.6) is 0 Å². The first-order valence-corrected chi connectivity index (χ1v) is 6.77. The Morgan fingerprint density at radius 2 is 1.86 bits per heavy atom. The van der Waals surface area contributed by atoms with Gasteiger partial charge in [-0.05, 0) is 52.9 Å². The van der Waals surface area contributed by atoms with Crippen LogP contribution in [0.1, 0.15) is 10.4 Å². The number of carbonyl (C=O) groups excluding carboxylic acids is 1. The van der Waals surface area contributed by atoms with Gasteiger partial charge in [-0.25, -0.2) is 4.39 Å². The standard InChI is InChI=1S/C13H9FIN3O3/c14-9-5-6-10(18(20)21)12(16)11(9)13(19)17-8-3-1-7(15)2-4-8/h1-6H,16H2,(H,17,19). The molecule has 6 nitrogen and oxygen atoms in total. The van der Waals surface area contributed by atoms with Crippen molar-refractivity contribution in [1.29, 1.82) is 0 Å². The van der Waals surface area contributed by atoms with Gasteiger partial charge >= 0.3 is 0 Å². The van der Waals surface area contributed by atoms with Crippen molar-refractivity contribution in [3.05, 3.63) is 61.5 Å². The largest absolute Gasteiger partial charge is 0.392 e. The molecular weight excluding hydrogens is 392 g/mol. The fourth-order valence-electron chi connectivity index (χ4n) is 1.70. The fraction of sp³-hybridized carbons (Fsp3) is 0. The number of hydrogen-bond donors (Lipinski definition) is 2. The van der Waals surface area contributed by atoms with Crippen molar-refractivity contribution in [2.24, 2.45) is 0 Å². The van der Waals surface area contributed by atoms with Gasteiger partial charge in [-0.1, -0.05) is 0 Å². The summed E-state index contributed by atoms with van der Waals surface area (Å²) in [7, 11) is 0. The van der Waals surface area contributed by atoms with E-state index in [1.165, 1.54) is 0 Å². The molecule has 2 rings (SSSR count). The molecule has 0 aliphatic carbocycles. The summed E-state index contributed by atoms with van der Waals surface area (Å²) in [4.78, 5) is 22.1. The van der Waals surface area contributed by atoms with Gasteiger partial charge in [0.1, 0.15) is 17.1 Å². The molecule has 0 fully saturated rings. The molecule has 0 atom stereocenters. The van der Waals surface area contributed by atoms with E-state index in [0.29, 0.717) is 5.69 Å². The Balaban J connectivity index is 2.37. The van der Waals surface area contributed by atoms with Gasteiger partial charge < -0.3 is 11.1 Å². The molecule has 21 heavy (non-hydrogen) atoms. The quantitative estimate of drug-likeness (QED) is 0.357. The van der Waals surface area contributed by atoms with Gasteiger partial charge in [0.15, 0.2) is 0 Å². The smallest absolute Gasteiger partial charge is 0.293 e. The van der Waals surface area contributed by atoms with Gasteiger partial charge in [-0.2, -0.15) is 0 Å². The summed E-state index contributed by atoms with van der Waals surface area (Å²) in [6, 6.07) is 8.53. The molecular formula is C13H9FIN3O3. The number of nitrogen functional groups attached to an aromatic ring is 1. The Kier molecular flexibility index (Phi) is 4.36. The average Bonchev–Trinajstić information content (AvgIpc) is 2.41. The summed E-state index contributed by atoms with van der Waals surface area (Å²) in [6.07, 6.45) is 0. The third kappa shape index (κ3) is 3.27. The molecule has 0 aliphatic rings. The Bertz CT molecular complexity index is 719. The van der Waals surface area contributed by atoms with Crippen LogP contribution in [0.2, 0.25) is 0 Å². The number of amides is 1. The number of nitrogens with one attached hydrogen (secondary N) is 1. The molecule has 0 aliphatic heterocycles. The maximum Gasteiger partial charge on any atom is 0.293 e. The molecule has 1 amide bonds. The Morgan fingerprint density at radius 1 is 1.24 bits per heavy atom. The lowest BCUT2D eigenvalue weighted by Crippen LogP contribution is -2.17. The molecule has 0 aromatic heterocycles. The maximum absolute atomic E-state index is 13.7.